The van der Waals surface area contributed by atoms with Crippen LogP contribution in [0.4, 0.5) is 0 Å². The number of Topliss-reactive ketones (excluding diaryl/α,β-unsaturated/α-hetero) is 1. The molecule has 1 aromatic carbocycles. The van der Waals surface area contributed by atoms with Crippen molar-refractivity contribution >= 4 is 33.3 Å². The van der Waals surface area contributed by atoms with Crippen LogP contribution in [0.5, 0.6) is 0 Å². The smallest absolute Gasteiger partial charge is 0.176 e. The normalized spacial score (nSPS) is 11.9. The van der Waals surface area contributed by atoms with Gasteiger partial charge in [0.2, 0.25) is 0 Å². The molecule has 0 aliphatic heterocycles. The van der Waals surface area contributed by atoms with Crippen LogP contribution in [-0.4, -0.2) is 10.6 Å². The van der Waals surface area contributed by atoms with Crippen LogP contribution in [0.2, 0.25) is 5.02 Å². The third-order valence-electron chi connectivity index (χ3n) is 2.00. The van der Waals surface area contributed by atoms with Gasteiger partial charge in [-0.15, -0.1) is 0 Å². The van der Waals surface area contributed by atoms with Gasteiger partial charge in [-0.1, -0.05) is 39.7 Å². The Kier molecular flexibility index (Phi) is 4.31. The van der Waals surface area contributed by atoms with Gasteiger partial charge in [0.05, 0.1) is 17.3 Å². The minimum atomic E-state index is -0.270. The van der Waals surface area contributed by atoms with Crippen molar-refractivity contribution in [3.05, 3.63) is 34.3 Å². The van der Waals surface area contributed by atoms with Gasteiger partial charge >= 0.3 is 0 Å². The SMILES string of the molecule is CC(Br)C(=O)c1cccc(Cl)c1CC#N. The number of halogens is 2. The van der Waals surface area contributed by atoms with Crippen LogP contribution in [-0.2, 0) is 6.42 Å². The molecule has 0 amide bonds. The van der Waals surface area contributed by atoms with Gasteiger partial charge in [-0.05, 0) is 18.6 Å². The molecule has 0 aromatic heterocycles. The number of carbonyl (C=O) groups is 1. The molecule has 0 N–H and O–H groups in total. The lowest BCUT2D eigenvalue weighted by atomic mass is 10.00. The van der Waals surface area contributed by atoms with Crippen LogP contribution in [0, 0.1) is 11.3 Å². The van der Waals surface area contributed by atoms with E-state index in [0.717, 1.165) is 0 Å². The van der Waals surface area contributed by atoms with Gasteiger partial charge in [0.25, 0.3) is 0 Å². The molecule has 0 radical (unpaired) electrons. The number of ketones is 1. The number of carbonyl (C=O) groups excluding carboxylic acids is 1. The Morgan fingerprint density at radius 2 is 2.33 bits per heavy atom. The molecule has 4 heteroatoms. The Hall–Kier alpha value is -0.850. The Labute approximate surface area is 102 Å². The standard InChI is InChI=1S/C11H9BrClNO/c1-7(12)11(15)9-3-2-4-10(13)8(9)5-6-14/h2-4,7H,5H2,1H3. The first kappa shape index (κ1) is 12.2. The number of nitrogens with zero attached hydrogens (tertiary/aromatic N) is 1. The second-order valence-electron chi connectivity index (χ2n) is 3.08. The first-order valence-electron chi connectivity index (χ1n) is 4.40. The highest BCUT2D eigenvalue weighted by atomic mass is 79.9. The summed E-state index contributed by atoms with van der Waals surface area (Å²) in [5, 5.41) is 9.13. The molecule has 0 aliphatic carbocycles. The van der Waals surface area contributed by atoms with Gasteiger partial charge in [-0.2, -0.15) is 5.26 Å². The van der Waals surface area contributed by atoms with Gasteiger partial charge in [0.1, 0.15) is 0 Å². The summed E-state index contributed by atoms with van der Waals surface area (Å²) < 4.78 is 0. The lowest BCUT2D eigenvalue weighted by Gasteiger charge is -2.08. The van der Waals surface area contributed by atoms with Gasteiger partial charge in [-0.3, -0.25) is 4.79 Å². The molecule has 1 aromatic rings. The fraction of sp³-hybridized carbons (Fsp3) is 0.273. The predicted molar refractivity (Wildman–Crippen MR) is 63.5 cm³/mol. The molecular weight excluding hydrogens is 277 g/mol. The molecule has 0 heterocycles. The summed E-state index contributed by atoms with van der Waals surface area (Å²) in [5.41, 5.74) is 1.13. The first-order chi connectivity index (χ1) is 7.07. The molecule has 78 valence electrons. The fourth-order valence-electron chi connectivity index (χ4n) is 1.26. The maximum Gasteiger partial charge on any atom is 0.176 e. The van der Waals surface area contributed by atoms with Crippen LogP contribution in [0.15, 0.2) is 18.2 Å². The predicted octanol–water partition coefficient (Wildman–Crippen LogP) is 3.37. The highest BCUT2D eigenvalue weighted by Gasteiger charge is 2.17. The summed E-state index contributed by atoms with van der Waals surface area (Å²) in [6.07, 6.45) is 0.153. The number of alkyl halides is 1. The van der Waals surface area contributed by atoms with Crippen LogP contribution in [0.3, 0.4) is 0 Å². The van der Waals surface area contributed by atoms with E-state index in [2.05, 4.69) is 15.9 Å². The molecule has 1 unspecified atom stereocenters. The molecule has 15 heavy (non-hydrogen) atoms. The zero-order chi connectivity index (χ0) is 11.4. The van der Waals surface area contributed by atoms with Crippen LogP contribution < -0.4 is 0 Å². The molecule has 0 aliphatic rings. The first-order valence-corrected chi connectivity index (χ1v) is 5.70. The van der Waals surface area contributed by atoms with Crippen LogP contribution in [0.1, 0.15) is 22.8 Å². The summed E-state index contributed by atoms with van der Waals surface area (Å²) in [6.45, 7) is 1.75. The van der Waals surface area contributed by atoms with Crippen molar-refractivity contribution in [2.75, 3.05) is 0 Å². The van der Waals surface area contributed by atoms with E-state index in [9.17, 15) is 4.79 Å². The summed E-state index contributed by atoms with van der Waals surface area (Å²) in [6, 6.07) is 7.10. The number of hydrogen-bond donors (Lipinski definition) is 0. The third-order valence-corrected chi connectivity index (χ3v) is 2.77. The van der Waals surface area contributed by atoms with E-state index in [-0.39, 0.29) is 17.0 Å². The van der Waals surface area contributed by atoms with E-state index in [1.54, 1.807) is 25.1 Å². The van der Waals surface area contributed by atoms with Crippen molar-refractivity contribution in [3.8, 4) is 6.07 Å². The van der Waals surface area contributed by atoms with E-state index in [0.29, 0.717) is 16.1 Å². The molecule has 0 bridgehead atoms. The van der Waals surface area contributed by atoms with E-state index >= 15 is 0 Å². The van der Waals surface area contributed by atoms with E-state index in [4.69, 9.17) is 16.9 Å². The molecular formula is C11H9BrClNO. The molecule has 2 nitrogen and oxygen atoms in total. The Morgan fingerprint density at radius 1 is 1.67 bits per heavy atom. The second kappa shape index (κ2) is 5.29. The van der Waals surface area contributed by atoms with Gasteiger partial charge in [0.15, 0.2) is 5.78 Å². The van der Waals surface area contributed by atoms with Crippen molar-refractivity contribution < 1.29 is 4.79 Å². The second-order valence-corrected chi connectivity index (χ2v) is 4.86. The van der Waals surface area contributed by atoms with Crippen LogP contribution >= 0.6 is 27.5 Å². The third kappa shape index (κ3) is 2.80. The Balaban J connectivity index is 3.23. The monoisotopic (exact) mass is 285 g/mol. The summed E-state index contributed by atoms with van der Waals surface area (Å²) in [4.78, 5) is 11.5. The Morgan fingerprint density at radius 3 is 2.87 bits per heavy atom. The molecule has 0 spiro atoms. The lowest BCUT2D eigenvalue weighted by Crippen LogP contribution is -2.12. The number of benzene rings is 1. The minimum Gasteiger partial charge on any atom is -0.293 e. The molecule has 0 saturated heterocycles. The lowest BCUT2D eigenvalue weighted by molar-refractivity contribution is 0.0995. The molecule has 0 fully saturated rings. The quantitative estimate of drug-likeness (QED) is 0.631. The highest BCUT2D eigenvalue weighted by molar-refractivity contribution is 9.10. The van der Waals surface area contributed by atoms with Gasteiger partial charge < -0.3 is 0 Å². The molecule has 0 saturated carbocycles. The van der Waals surface area contributed by atoms with E-state index in [1.807, 2.05) is 6.07 Å². The highest BCUT2D eigenvalue weighted by Crippen LogP contribution is 2.23. The van der Waals surface area contributed by atoms with E-state index < -0.39 is 0 Å². The minimum absolute atomic E-state index is 0.0530. The molecule has 1 rings (SSSR count). The average molecular weight is 287 g/mol. The molecule has 1 atom stereocenters. The zero-order valence-corrected chi connectivity index (χ0v) is 10.5. The number of hydrogen-bond acceptors (Lipinski definition) is 2. The van der Waals surface area contributed by atoms with Crippen molar-refractivity contribution in [2.45, 2.75) is 18.2 Å². The number of nitriles is 1. The Bertz CT molecular complexity index is 423. The van der Waals surface area contributed by atoms with Crippen LogP contribution in [0.25, 0.3) is 0 Å². The van der Waals surface area contributed by atoms with Gasteiger partial charge in [-0.25, -0.2) is 0 Å². The zero-order valence-electron chi connectivity index (χ0n) is 8.13. The number of rotatable bonds is 3. The van der Waals surface area contributed by atoms with Crippen molar-refractivity contribution in [3.63, 3.8) is 0 Å². The maximum atomic E-state index is 11.8. The van der Waals surface area contributed by atoms with Gasteiger partial charge in [0, 0.05) is 10.6 Å². The largest absolute Gasteiger partial charge is 0.293 e. The maximum absolute atomic E-state index is 11.8. The van der Waals surface area contributed by atoms with Crippen molar-refractivity contribution in [1.29, 1.82) is 5.26 Å². The summed E-state index contributed by atoms with van der Waals surface area (Å²) >= 11 is 9.15. The summed E-state index contributed by atoms with van der Waals surface area (Å²) in [5.74, 6) is -0.0530. The van der Waals surface area contributed by atoms with Crippen molar-refractivity contribution in [2.24, 2.45) is 0 Å². The fourth-order valence-corrected chi connectivity index (χ4v) is 1.75. The topological polar surface area (TPSA) is 40.9 Å². The summed E-state index contributed by atoms with van der Waals surface area (Å²) in [7, 11) is 0. The van der Waals surface area contributed by atoms with E-state index in [1.165, 1.54) is 0 Å². The van der Waals surface area contributed by atoms with Crippen molar-refractivity contribution in [1.82, 2.24) is 0 Å². The average Bonchev–Trinajstić information content (AvgIpc) is 2.20.